The van der Waals surface area contributed by atoms with Crippen LogP contribution in [0.4, 0.5) is 0 Å². The third-order valence-corrected chi connectivity index (χ3v) is 16.9. The zero-order valence-corrected chi connectivity index (χ0v) is 56.2. The lowest BCUT2D eigenvalue weighted by molar-refractivity contribution is -0.302. The number of carbonyl (C=O) groups is 1. The number of rotatable bonds is 63. The van der Waals surface area contributed by atoms with E-state index in [2.05, 4.69) is 116 Å². The highest BCUT2D eigenvalue weighted by Gasteiger charge is 2.44. The van der Waals surface area contributed by atoms with Gasteiger partial charge in [0.15, 0.2) is 6.29 Å². The van der Waals surface area contributed by atoms with Crippen molar-refractivity contribution in [2.45, 2.75) is 365 Å². The minimum Gasteiger partial charge on any atom is -0.394 e. The summed E-state index contributed by atoms with van der Waals surface area (Å²) in [6.45, 7) is 3.69. The Balaban J connectivity index is 2.15. The molecule has 0 aromatic rings. The summed E-state index contributed by atoms with van der Waals surface area (Å²) >= 11 is 0. The molecular formula is C78H137NO8. The summed E-state index contributed by atoms with van der Waals surface area (Å²) in [5.74, 6) is -0.192. The fourth-order valence-corrected chi connectivity index (χ4v) is 11.2. The monoisotopic (exact) mass is 1220 g/mol. The molecule has 6 N–H and O–H groups in total. The number of aliphatic hydroxyl groups excluding tert-OH is 5. The highest BCUT2D eigenvalue weighted by Crippen LogP contribution is 2.23. The summed E-state index contributed by atoms with van der Waals surface area (Å²) in [6.07, 6.45) is 90.6. The van der Waals surface area contributed by atoms with Gasteiger partial charge in [0.05, 0.1) is 25.4 Å². The highest BCUT2D eigenvalue weighted by molar-refractivity contribution is 5.76. The number of carbonyl (C=O) groups excluding carboxylic acids is 1. The summed E-state index contributed by atoms with van der Waals surface area (Å²) in [5, 5.41) is 54.8. The van der Waals surface area contributed by atoms with Gasteiger partial charge in [0.1, 0.15) is 24.4 Å². The fourth-order valence-electron chi connectivity index (χ4n) is 11.2. The van der Waals surface area contributed by atoms with Crippen molar-refractivity contribution in [2.75, 3.05) is 13.2 Å². The lowest BCUT2D eigenvalue weighted by Gasteiger charge is -2.40. The van der Waals surface area contributed by atoms with Gasteiger partial charge in [-0.2, -0.15) is 0 Å². The second-order valence-corrected chi connectivity index (χ2v) is 25.0. The van der Waals surface area contributed by atoms with Crippen molar-refractivity contribution in [3.63, 3.8) is 0 Å². The highest BCUT2D eigenvalue weighted by atomic mass is 16.7. The largest absolute Gasteiger partial charge is 0.394 e. The van der Waals surface area contributed by atoms with Gasteiger partial charge in [-0.3, -0.25) is 4.79 Å². The van der Waals surface area contributed by atoms with Crippen molar-refractivity contribution < 1.29 is 39.8 Å². The number of unbranched alkanes of at least 4 members (excludes halogenated alkanes) is 37. The van der Waals surface area contributed by atoms with Gasteiger partial charge < -0.3 is 40.3 Å². The molecule has 87 heavy (non-hydrogen) atoms. The van der Waals surface area contributed by atoms with Gasteiger partial charge in [-0.25, -0.2) is 0 Å². The van der Waals surface area contributed by atoms with Crippen molar-refractivity contribution in [1.82, 2.24) is 5.32 Å². The first-order valence-electron chi connectivity index (χ1n) is 36.6. The Morgan fingerprint density at radius 1 is 0.402 bits per heavy atom. The van der Waals surface area contributed by atoms with Crippen LogP contribution in [-0.4, -0.2) is 87.5 Å². The molecule has 1 fully saturated rings. The number of hydrogen-bond acceptors (Lipinski definition) is 8. The molecule has 9 heteroatoms. The van der Waals surface area contributed by atoms with Crippen LogP contribution in [-0.2, 0) is 14.3 Å². The average Bonchev–Trinajstić information content (AvgIpc) is 3.47. The van der Waals surface area contributed by atoms with Gasteiger partial charge in [-0.1, -0.05) is 342 Å². The Morgan fingerprint density at radius 2 is 0.713 bits per heavy atom. The smallest absolute Gasteiger partial charge is 0.220 e. The molecule has 1 saturated heterocycles. The Bertz CT molecular complexity index is 1750. The number of nitrogens with one attached hydrogen (secondary N) is 1. The van der Waals surface area contributed by atoms with E-state index in [0.29, 0.717) is 6.42 Å². The zero-order valence-electron chi connectivity index (χ0n) is 56.2. The molecule has 1 aliphatic heterocycles. The van der Waals surface area contributed by atoms with Gasteiger partial charge in [-0.05, 0) is 83.5 Å². The van der Waals surface area contributed by atoms with E-state index in [-0.39, 0.29) is 12.5 Å². The van der Waals surface area contributed by atoms with Gasteiger partial charge in [0.2, 0.25) is 5.91 Å². The summed E-state index contributed by atoms with van der Waals surface area (Å²) in [6, 6.07) is -0.824. The lowest BCUT2D eigenvalue weighted by Crippen LogP contribution is -2.60. The molecule has 9 nitrogen and oxygen atoms in total. The quantitative estimate of drug-likeness (QED) is 0.0261. The Morgan fingerprint density at radius 3 is 1.06 bits per heavy atom. The SMILES string of the molecule is CC/C=C\C/C=C\C/C=C\C/C=C\C/C=C\C/C=C\C/C=C\C/C=C\CCCCCCCCC(=O)NC(COC1OC(CO)C(O)C(O)C1O)C(O)/C=C/CCCCCCCCCCCCCCCCCCCCCCCCCCCCCCCCC. The zero-order chi connectivity index (χ0) is 62.8. The second-order valence-electron chi connectivity index (χ2n) is 25.0. The van der Waals surface area contributed by atoms with E-state index in [9.17, 15) is 30.3 Å². The Labute approximate surface area is 536 Å². The van der Waals surface area contributed by atoms with Crippen LogP contribution < -0.4 is 5.32 Å². The van der Waals surface area contributed by atoms with E-state index in [1.165, 1.54) is 186 Å². The van der Waals surface area contributed by atoms with Crippen molar-refractivity contribution in [3.8, 4) is 0 Å². The van der Waals surface area contributed by atoms with Crippen LogP contribution in [0.15, 0.2) is 109 Å². The van der Waals surface area contributed by atoms with Crippen LogP contribution in [0.25, 0.3) is 0 Å². The molecule has 502 valence electrons. The number of amides is 1. The van der Waals surface area contributed by atoms with E-state index < -0.39 is 49.5 Å². The maximum absolute atomic E-state index is 13.1. The maximum Gasteiger partial charge on any atom is 0.220 e. The molecule has 1 amide bonds. The average molecular weight is 1220 g/mol. The molecule has 0 aliphatic carbocycles. The van der Waals surface area contributed by atoms with Gasteiger partial charge >= 0.3 is 0 Å². The molecule has 7 atom stereocenters. The summed E-state index contributed by atoms with van der Waals surface area (Å²) in [4.78, 5) is 13.1. The standard InChI is InChI=1S/C78H137NO8/c1-3-5-7-9-11-13-15-17-19-21-23-25-27-29-31-33-35-36-38-39-41-43-45-47-49-51-53-55-57-59-61-63-65-67-72(81)71(70-86-78-77(85)76(84)75(83)73(69-80)87-78)79-74(82)68-66-64-62-60-58-56-54-52-50-48-46-44-42-40-37-34-32-30-28-26-24-22-20-18-16-14-12-10-8-6-4-2/h6,8,12,14,18,20,24,26,30,32,37,40,44,46,50,52,65,67,71-73,75-78,80-81,83-85H,3-5,7,9-11,13,15-17,19,21-23,25,27-29,31,33-36,38-39,41-43,45,47-49,51,53-64,66,68-70H2,1-2H3,(H,79,82)/b8-6-,14-12-,20-18-,26-24-,32-30-,40-37-,46-44-,52-50-,67-65+. The molecular weight excluding hydrogens is 1080 g/mol. The van der Waals surface area contributed by atoms with Crippen LogP contribution in [0.2, 0.25) is 0 Å². The van der Waals surface area contributed by atoms with E-state index in [1.54, 1.807) is 6.08 Å². The van der Waals surface area contributed by atoms with Crippen molar-refractivity contribution in [1.29, 1.82) is 0 Å². The third-order valence-electron chi connectivity index (χ3n) is 16.9. The van der Waals surface area contributed by atoms with E-state index >= 15 is 0 Å². The van der Waals surface area contributed by atoms with Crippen LogP contribution in [0, 0.1) is 0 Å². The molecule has 0 bridgehead atoms. The van der Waals surface area contributed by atoms with Crippen molar-refractivity contribution in [3.05, 3.63) is 109 Å². The number of aliphatic hydroxyl groups is 5. The number of ether oxygens (including phenoxy) is 2. The topological polar surface area (TPSA) is 149 Å². The third kappa shape index (κ3) is 54.3. The number of allylic oxidation sites excluding steroid dienone is 17. The van der Waals surface area contributed by atoms with Crippen LogP contribution in [0.5, 0.6) is 0 Å². The molecule has 0 aromatic carbocycles. The maximum atomic E-state index is 13.1. The van der Waals surface area contributed by atoms with Gasteiger partial charge in [0, 0.05) is 6.42 Å². The molecule has 0 spiro atoms. The van der Waals surface area contributed by atoms with Crippen molar-refractivity contribution >= 4 is 5.91 Å². The molecule has 0 radical (unpaired) electrons. The number of hydrogen-bond donors (Lipinski definition) is 6. The van der Waals surface area contributed by atoms with Crippen LogP contribution in [0.3, 0.4) is 0 Å². The molecule has 7 unspecified atom stereocenters. The Hall–Kier alpha value is -3.15. The molecule has 1 aliphatic rings. The lowest BCUT2D eigenvalue weighted by atomic mass is 9.99. The predicted molar refractivity (Wildman–Crippen MR) is 373 cm³/mol. The normalized spacial score (nSPS) is 18.6. The fraction of sp³-hybridized carbons (Fsp3) is 0.756. The summed E-state index contributed by atoms with van der Waals surface area (Å²) < 4.78 is 11.3. The minimum absolute atomic E-state index is 0.192. The first-order chi connectivity index (χ1) is 42.8. The first kappa shape index (κ1) is 81.9. The van der Waals surface area contributed by atoms with Crippen molar-refractivity contribution in [2.24, 2.45) is 0 Å². The summed E-state index contributed by atoms with van der Waals surface area (Å²) in [5.41, 5.74) is 0. The van der Waals surface area contributed by atoms with Gasteiger partial charge in [0.25, 0.3) is 0 Å². The molecule has 1 heterocycles. The van der Waals surface area contributed by atoms with E-state index in [1.807, 2.05) is 6.08 Å². The van der Waals surface area contributed by atoms with E-state index in [0.717, 1.165) is 116 Å². The van der Waals surface area contributed by atoms with Crippen LogP contribution in [0.1, 0.15) is 322 Å². The Kier molecular flexibility index (Phi) is 61.9. The minimum atomic E-state index is -1.58. The molecule has 0 aromatic heterocycles. The summed E-state index contributed by atoms with van der Waals surface area (Å²) in [7, 11) is 0. The molecule has 0 saturated carbocycles. The van der Waals surface area contributed by atoms with Gasteiger partial charge in [-0.15, -0.1) is 0 Å². The van der Waals surface area contributed by atoms with Crippen LogP contribution >= 0.6 is 0 Å². The first-order valence-corrected chi connectivity index (χ1v) is 36.6. The predicted octanol–water partition coefficient (Wildman–Crippen LogP) is 20.4. The second kappa shape index (κ2) is 65.8. The van der Waals surface area contributed by atoms with E-state index in [4.69, 9.17) is 9.47 Å². The molecule has 1 rings (SSSR count).